The smallest absolute Gasteiger partial charge is 0.266 e. The Kier molecular flexibility index (Phi) is 2.42. The maximum absolute atomic E-state index is 11.9. The van der Waals surface area contributed by atoms with E-state index >= 15 is 0 Å². The molecule has 2 nitrogen and oxygen atoms in total. The van der Waals surface area contributed by atoms with E-state index in [1.807, 2.05) is 23.6 Å². The van der Waals surface area contributed by atoms with E-state index < -0.39 is 0 Å². The SMILES string of the molecule is O=C1Nc2ccc(Cl)cc2Sc2ccsc21. The highest BCUT2D eigenvalue weighted by Crippen LogP contribution is 2.41. The van der Waals surface area contributed by atoms with Crippen LogP contribution in [0.25, 0.3) is 0 Å². The largest absolute Gasteiger partial charge is 0.320 e. The molecule has 0 saturated heterocycles. The molecule has 0 radical (unpaired) electrons. The van der Waals surface area contributed by atoms with Gasteiger partial charge in [0.05, 0.1) is 5.69 Å². The molecule has 1 aromatic carbocycles. The Morgan fingerprint density at radius 1 is 1.19 bits per heavy atom. The highest BCUT2D eigenvalue weighted by Gasteiger charge is 2.20. The number of hydrogen-bond acceptors (Lipinski definition) is 3. The molecular weight excluding hydrogens is 262 g/mol. The topological polar surface area (TPSA) is 29.1 Å². The minimum atomic E-state index is -0.0430. The van der Waals surface area contributed by atoms with Gasteiger partial charge in [0.15, 0.2) is 0 Å². The molecule has 0 bridgehead atoms. The molecule has 3 rings (SSSR count). The molecule has 80 valence electrons. The zero-order valence-electron chi connectivity index (χ0n) is 7.99. The number of carbonyl (C=O) groups excluding carboxylic acids is 1. The Morgan fingerprint density at radius 3 is 2.94 bits per heavy atom. The van der Waals surface area contributed by atoms with Gasteiger partial charge in [0, 0.05) is 14.8 Å². The highest BCUT2D eigenvalue weighted by molar-refractivity contribution is 7.99. The first-order valence-electron chi connectivity index (χ1n) is 4.60. The molecule has 2 aromatic rings. The number of benzene rings is 1. The molecule has 5 heteroatoms. The van der Waals surface area contributed by atoms with Gasteiger partial charge < -0.3 is 5.32 Å². The second-order valence-electron chi connectivity index (χ2n) is 3.31. The first-order valence-corrected chi connectivity index (χ1v) is 6.68. The lowest BCUT2D eigenvalue weighted by atomic mass is 10.3. The molecule has 0 atom stereocenters. The third-order valence-corrected chi connectivity index (χ3v) is 4.64. The van der Waals surface area contributed by atoms with E-state index in [9.17, 15) is 4.79 Å². The van der Waals surface area contributed by atoms with Crippen molar-refractivity contribution >= 4 is 46.3 Å². The number of amides is 1. The van der Waals surface area contributed by atoms with Gasteiger partial charge in [0.1, 0.15) is 4.88 Å². The van der Waals surface area contributed by atoms with Crippen molar-refractivity contribution in [3.05, 3.63) is 39.5 Å². The van der Waals surface area contributed by atoms with Crippen LogP contribution >= 0.6 is 34.7 Å². The summed E-state index contributed by atoms with van der Waals surface area (Å²) in [5, 5.41) is 5.49. The molecule has 0 spiro atoms. The predicted octanol–water partition coefficient (Wildman–Crippen LogP) is 4.12. The molecule has 16 heavy (non-hydrogen) atoms. The minimum absolute atomic E-state index is 0.0430. The summed E-state index contributed by atoms with van der Waals surface area (Å²) in [5.41, 5.74) is 0.822. The molecule has 1 amide bonds. The number of anilines is 1. The Bertz CT molecular complexity index is 579. The van der Waals surface area contributed by atoms with Crippen LogP contribution in [-0.2, 0) is 0 Å². The van der Waals surface area contributed by atoms with Crippen LogP contribution in [0.3, 0.4) is 0 Å². The van der Waals surface area contributed by atoms with Crippen molar-refractivity contribution in [3.8, 4) is 0 Å². The Balaban J connectivity index is 2.17. The molecule has 0 fully saturated rings. The van der Waals surface area contributed by atoms with Gasteiger partial charge in [-0.2, -0.15) is 0 Å². The molecule has 1 N–H and O–H groups in total. The molecule has 1 aliphatic rings. The second-order valence-corrected chi connectivity index (χ2v) is 5.75. The van der Waals surface area contributed by atoms with E-state index in [0.717, 1.165) is 20.4 Å². The summed E-state index contributed by atoms with van der Waals surface area (Å²) >= 11 is 8.97. The van der Waals surface area contributed by atoms with Crippen molar-refractivity contribution in [1.29, 1.82) is 0 Å². The maximum atomic E-state index is 11.9. The molecule has 0 saturated carbocycles. The van der Waals surface area contributed by atoms with E-state index in [-0.39, 0.29) is 5.91 Å². The summed E-state index contributed by atoms with van der Waals surface area (Å²) in [6, 6.07) is 7.44. The number of rotatable bonds is 0. The van der Waals surface area contributed by atoms with Gasteiger partial charge in [-0.25, -0.2) is 0 Å². The summed E-state index contributed by atoms with van der Waals surface area (Å²) < 4.78 is 0. The first-order chi connectivity index (χ1) is 7.74. The molecule has 1 aliphatic heterocycles. The number of nitrogens with one attached hydrogen (secondary N) is 1. The lowest BCUT2D eigenvalue weighted by Gasteiger charge is -2.05. The summed E-state index contributed by atoms with van der Waals surface area (Å²) in [7, 11) is 0. The number of halogens is 1. The summed E-state index contributed by atoms with van der Waals surface area (Å²) in [6.07, 6.45) is 0. The van der Waals surface area contributed by atoms with Crippen LogP contribution in [0.1, 0.15) is 9.67 Å². The van der Waals surface area contributed by atoms with Gasteiger partial charge in [0.25, 0.3) is 5.91 Å². The normalized spacial score (nSPS) is 13.7. The monoisotopic (exact) mass is 267 g/mol. The molecule has 0 unspecified atom stereocenters. The Morgan fingerprint density at radius 2 is 2.06 bits per heavy atom. The average Bonchev–Trinajstić information content (AvgIpc) is 2.65. The number of carbonyl (C=O) groups is 1. The molecule has 0 aliphatic carbocycles. The van der Waals surface area contributed by atoms with Crippen LogP contribution in [0.4, 0.5) is 5.69 Å². The van der Waals surface area contributed by atoms with Crippen molar-refractivity contribution in [3.63, 3.8) is 0 Å². The van der Waals surface area contributed by atoms with E-state index in [2.05, 4.69) is 5.32 Å². The van der Waals surface area contributed by atoms with Crippen LogP contribution in [-0.4, -0.2) is 5.91 Å². The summed E-state index contributed by atoms with van der Waals surface area (Å²) in [6.45, 7) is 0. The van der Waals surface area contributed by atoms with Crippen LogP contribution in [0, 0.1) is 0 Å². The van der Waals surface area contributed by atoms with E-state index in [0.29, 0.717) is 5.02 Å². The van der Waals surface area contributed by atoms with Gasteiger partial charge in [0.2, 0.25) is 0 Å². The lowest BCUT2D eigenvalue weighted by Crippen LogP contribution is -2.09. The average molecular weight is 268 g/mol. The first kappa shape index (κ1) is 10.2. The predicted molar refractivity (Wildman–Crippen MR) is 67.8 cm³/mol. The third kappa shape index (κ3) is 1.63. The van der Waals surface area contributed by atoms with E-state index in [1.54, 1.807) is 17.8 Å². The van der Waals surface area contributed by atoms with Crippen molar-refractivity contribution in [2.45, 2.75) is 9.79 Å². The second kappa shape index (κ2) is 3.80. The van der Waals surface area contributed by atoms with Crippen molar-refractivity contribution < 1.29 is 4.79 Å². The van der Waals surface area contributed by atoms with Gasteiger partial charge in [-0.05, 0) is 29.6 Å². The van der Waals surface area contributed by atoms with E-state index in [4.69, 9.17) is 11.6 Å². The molecule has 1 aromatic heterocycles. The fraction of sp³-hybridized carbons (Fsp3) is 0. The van der Waals surface area contributed by atoms with Crippen LogP contribution in [0.5, 0.6) is 0 Å². The quantitative estimate of drug-likeness (QED) is 0.778. The van der Waals surface area contributed by atoms with Crippen LogP contribution in [0.2, 0.25) is 5.02 Å². The molecule has 2 heterocycles. The van der Waals surface area contributed by atoms with Crippen LogP contribution < -0.4 is 5.32 Å². The zero-order chi connectivity index (χ0) is 11.1. The summed E-state index contributed by atoms with van der Waals surface area (Å²) in [4.78, 5) is 14.6. The zero-order valence-corrected chi connectivity index (χ0v) is 10.4. The van der Waals surface area contributed by atoms with Gasteiger partial charge in [-0.1, -0.05) is 23.4 Å². The summed E-state index contributed by atoms with van der Waals surface area (Å²) in [5.74, 6) is -0.0430. The van der Waals surface area contributed by atoms with Gasteiger partial charge >= 0.3 is 0 Å². The van der Waals surface area contributed by atoms with Crippen molar-refractivity contribution in [2.75, 3.05) is 5.32 Å². The Hall–Kier alpha value is -0.970. The number of thiophene rings is 1. The number of hydrogen-bond donors (Lipinski definition) is 1. The lowest BCUT2D eigenvalue weighted by molar-refractivity contribution is 0.102. The maximum Gasteiger partial charge on any atom is 0.266 e. The van der Waals surface area contributed by atoms with E-state index in [1.165, 1.54) is 11.3 Å². The van der Waals surface area contributed by atoms with Crippen molar-refractivity contribution in [1.82, 2.24) is 0 Å². The van der Waals surface area contributed by atoms with Crippen molar-refractivity contribution in [2.24, 2.45) is 0 Å². The number of fused-ring (bicyclic) bond motifs is 2. The molecular formula is C11H6ClNOS2. The highest BCUT2D eigenvalue weighted by atomic mass is 35.5. The fourth-order valence-electron chi connectivity index (χ4n) is 1.52. The van der Waals surface area contributed by atoms with Crippen LogP contribution in [0.15, 0.2) is 39.4 Å². The third-order valence-electron chi connectivity index (χ3n) is 2.25. The minimum Gasteiger partial charge on any atom is -0.320 e. The van der Waals surface area contributed by atoms with Gasteiger partial charge in [-0.3, -0.25) is 4.79 Å². The Labute approximate surface area is 106 Å². The van der Waals surface area contributed by atoms with Gasteiger partial charge in [-0.15, -0.1) is 11.3 Å². The fourth-order valence-corrected chi connectivity index (χ4v) is 3.77. The standard InChI is InChI=1S/C11H6ClNOS2/c12-6-1-2-7-9(5-6)16-8-3-4-15-10(8)11(14)13-7/h1-5H,(H,13,14).